The number of hydrogen-bond acceptors (Lipinski definition) is 8. The monoisotopic (exact) mass is 667 g/mol. The third kappa shape index (κ3) is 6.22. The number of aliphatic hydroxyl groups is 2. The van der Waals surface area contributed by atoms with Crippen molar-refractivity contribution < 1.29 is 15.0 Å². The maximum Gasteiger partial charge on any atom is 0.189 e. The van der Waals surface area contributed by atoms with Gasteiger partial charge in [-0.05, 0) is 110 Å². The predicted octanol–water partition coefficient (Wildman–Crippen LogP) is 6.87. The SMILES string of the molecule is CCCCCc1cccc(CC2CN=C(N)NC23CCCC2=C4CC5CC(CO)C(CCCO)C4(CC2=O)C5(C)CCSSC3)c1. The minimum absolute atomic E-state index is 0.0513. The van der Waals surface area contributed by atoms with E-state index < -0.39 is 0 Å². The maximum atomic E-state index is 14.1. The molecule has 2 fully saturated rings. The summed E-state index contributed by atoms with van der Waals surface area (Å²) in [7, 11) is 3.99. The molecule has 0 saturated heterocycles. The quantitative estimate of drug-likeness (QED) is 0.159. The molecule has 7 unspecified atom stereocenters. The van der Waals surface area contributed by atoms with Gasteiger partial charge in [0.2, 0.25) is 0 Å². The number of unbranched alkanes of at least 4 members (excludes halogenated alkanes) is 2. The Morgan fingerprint density at radius 2 is 1.98 bits per heavy atom. The lowest BCUT2D eigenvalue weighted by atomic mass is 9.47. The molecule has 46 heavy (non-hydrogen) atoms. The molecule has 0 amide bonds. The number of carbonyl (C=O) groups is 1. The zero-order valence-electron chi connectivity index (χ0n) is 28.2. The van der Waals surface area contributed by atoms with Crippen LogP contribution in [0.2, 0.25) is 0 Å². The van der Waals surface area contributed by atoms with Crippen LogP contribution in [0.15, 0.2) is 40.4 Å². The molecule has 7 atom stereocenters. The Morgan fingerprint density at radius 1 is 1.13 bits per heavy atom. The van der Waals surface area contributed by atoms with Crippen molar-refractivity contribution in [3.8, 4) is 0 Å². The van der Waals surface area contributed by atoms with Crippen molar-refractivity contribution in [2.45, 2.75) is 109 Å². The van der Waals surface area contributed by atoms with Gasteiger partial charge in [-0.25, -0.2) is 0 Å². The fourth-order valence-electron chi connectivity index (χ4n) is 10.7. The van der Waals surface area contributed by atoms with Crippen molar-refractivity contribution in [1.29, 1.82) is 0 Å². The predicted molar refractivity (Wildman–Crippen MR) is 193 cm³/mol. The molecule has 5 N–H and O–H groups in total. The highest BCUT2D eigenvalue weighted by molar-refractivity contribution is 8.76. The highest BCUT2D eigenvalue weighted by Gasteiger charge is 2.69. The maximum absolute atomic E-state index is 14.1. The van der Waals surface area contributed by atoms with Gasteiger partial charge in [0.1, 0.15) is 0 Å². The standard InChI is InChI=1S/C38H57N3O3S2/c1-3-4-5-9-26-10-6-11-27(18-26)19-30-23-40-35(39)41-37(30)14-7-12-31-33-21-29-20-28(24-43)32(13-8-16-42)38(33,22-34(31)44)36(29,2)15-17-45-46-25-37/h6,10-11,18,28-30,32,42-43H,3-5,7-9,12-17,19-25H2,1-2H3,(H3,39,40,41). The van der Waals surface area contributed by atoms with Crippen molar-refractivity contribution >= 4 is 33.3 Å². The van der Waals surface area contributed by atoms with Gasteiger partial charge in [0.15, 0.2) is 11.7 Å². The number of nitrogens with two attached hydrogens (primary N) is 1. The lowest BCUT2D eigenvalue weighted by molar-refractivity contribution is -0.125. The van der Waals surface area contributed by atoms with Crippen LogP contribution in [-0.2, 0) is 17.6 Å². The first-order valence-electron chi connectivity index (χ1n) is 18.2. The van der Waals surface area contributed by atoms with E-state index in [9.17, 15) is 15.0 Å². The number of nitrogens with one attached hydrogen (secondary N) is 1. The smallest absolute Gasteiger partial charge is 0.189 e. The van der Waals surface area contributed by atoms with Gasteiger partial charge in [-0.15, -0.1) is 0 Å². The number of rotatable bonds is 10. The van der Waals surface area contributed by atoms with E-state index >= 15 is 0 Å². The molecule has 254 valence electrons. The molecule has 2 saturated carbocycles. The third-order valence-corrected chi connectivity index (χ3v) is 15.6. The summed E-state index contributed by atoms with van der Waals surface area (Å²) < 4.78 is 0. The highest BCUT2D eigenvalue weighted by Crippen LogP contribution is 2.75. The van der Waals surface area contributed by atoms with Crippen molar-refractivity contribution in [1.82, 2.24) is 5.32 Å². The second-order valence-corrected chi connectivity index (χ2v) is 18.0. The van der Waals surface area contributed by atoms with E-state index in [2.05, 4.69) is 43.4 Å². The molecule has 5 aliphatic rings. The molecule has 5 bridgehead atoms. The Kier molecular flexibility index (Phi) is 10.9. The average molecular weight is 668 g/mol. The van der Waals surface area contributed by atoms with Crippen LogP contribution < -0.4 is 11.1 Å². The van der Waals surface area contributed by atoms with E-state index in [1.165, 1.54) is 36.0 Å². The fourth-order valence-corrected chi connectivity index (χ4v) is 13.6. The largest absolute Gasteiger partial charge is 0.396 e. The van der Waals surface area contributed by atoms with Crippen molar-refractivity contribution in [2.75, 3.05) is 31.3 Å². The number of Topliss-reactive ketones (excluding diaryl/α,β-unsaturated/α-hetero) is 1. The number of carbonyl (C=O) groups excluding carboxylic acids is 1. The first-order valence-corrected chi connectivity index (χ1v) is 20.7. The normalized spacial score (nSPS) is 36.2. The summed E-state index contributed by atoms with van der Waals surface area (Å²) >= 11 is 0. The Bertz CT molecular complexity index is 1320. The van der Waals surface area contributed by atoms with E-state index in [-0.39, 0.29) is 41.4 Å². The van der Waals surface area contributed by atoms with Gasteiger partial charge < -0.3 is 21.3 Å². The average Bonchev–Trinajstić information content (AvgIpc) is 3.38. The van der Waals surface area contributed by atoms with Crippen molar-refractivity contribution in [3.63, 3.8) is 0 Å². The molecule has 3 aliphatic carbocycles. The molecule has 0 radical (unpaired) electrons. The van der Waals surface area contributed by atoms with E-state index in [4.69, 9.17) is 10.7 Å². The summed E-state index contributed by atoms with van der Waals surface area (Å²) in [5.74, 6) is 4.25. The first kappa shape index (κ1) is 34.4. The van der Waals surface area contributed by atoms with Gasteiger partial charge in [0.25, 0.3) is 0 Å². The molecule has 6 rings (SSSR count). The number of benzene rings is 1. The Morgan fingerprint density at radius 3 is 2.78 bits per heavy atom. The van der Waals surface area contributed by atoms with Gasteiger partial charge in [-0.2, -0.15) is 0 Å². The lowest BCUT2D eigenvalue weighted by Crippen LogP contribution is -2.61. The van der Waals surface area contributed by atoms with Crippen LogP contribution in [0.5, 0.6) is 0 Å². The lowest BCUT2D eigenvalue weighted by Gasteiger charge is -2.57. The molecule has 6 nitrogen and oxygen atoms in total. The molecule has 1 aromatic rings. The van der Waals surface area contributed by atoms with Gasteiger partial charge in [0, 0.05) is 49.0 Å². The molecule has 1 aromatic carbocycles. The summed E-state index contributed by atoms with van der Waals surface area (Å²) in [6.07, 6.45) is 14.0. The van der Waals surface area contributed by atoms with E-state index in [1.807, 2.05) is 21.6 Å². The zero-order valence-corrected chi connectivity index (χ0v) is 29.8. The molecule has 0 aromatic heterocycles. The number of ketones is 1. The van der Waals surface area contributed by atoms with Crippen LogP contribution in [0.4, 0.5) is 0 Å². The number of aliphatic hydroxyl groups excluding tert-OH is 2. The van der Waals surface area contributed by atoms with Crippen LogP contribution in [0.1, 0.15) is 102 Å². The molecule has 2 heterocycles. The highest BCUT2D eigenvalue weighted by atomic mass is 33.1. The Hall–Kier alpha value is -1.48. The topological polar surface area (TPSA) is 108 Å². The number of guanidine groups is 1. The van der Waals surface area contributed by atoms with Crippen LogP contribution in [0, 0.1) is 34.5 Å². The minimum Gasteiger partial charge on any atom is -0.396 e. The molecule has 8 heteroatoms. The summed E-state index contributed by atoms with van der Waals surface area (Å²) in [6, 6.07) is 9.20. The minimum atomic E-state index is -0.176. The summed E-state index contributed by atoms with van der Waals surface area (Å²) in [6.45, 7) is 5.83. The van der Waals surface area contributed by atoms with Crippen LogP contribution in [0.25, 0.3) is 0 Å². The zero-order chi connectivity index (χ0) is 32.4. The van der Waals surface area contributed by atoms with Gasteiger partial charge in [-0.1, -0.05) is 78.1 Å². The van der Waals surface area contributed by atoms with Crippen LogP contribution in [-0.4, -0.2) is 58.8 Å². The second-order valence-electron chi connectivity index (χ2n) is 15.4. The number of aryl methyl sites for hydroxylation is 1. The number of aliphatic imine (C=N–C) groups is 1. The molecule has 2 aliphatic heterocycles. The van der Waals surface area contributed by atoms with Gasteiger partial charge >= 0.3 is 0 Å². The van der Waals surface area contributed by atoms with E-state index in [1.54, 1.807) is 0 Å². The molecule has 2 spiro atoms. The van der Waals surface area contributed by atoms with Crippen molar-refractivity contribution in [2.24, 2.45) is 45.2 Å². The molecular weight excluding hydrogens is 611 g/mol. The third-order valence-electron chi connectivity index (χ3n) is 13.1. The van der Waals surface area contributed by atoms with Gasteiger partial charge in [0.05, 0.1) is 5.54 Å². The Labute approximate surface area is 285 Å². The number of hydrogen-bond donors (Lipinski definition) is 4. The first-order chi connectivity index (χ1) is 22.3. The van der Waals surface area contributed by atoms with Crippen LogP contribution >= 0.6 is 21.6 Å². The fraction of sp³-hybridized carbons (Fsp3) is 0.737. The summed E-state index contributed by atoms with van der Waals surface area (Å²) in [5.41, 5.74) is 11.5. The van der Waals surface area contributed by atoms with E-state index in [0.717, 1.165) is 87.8 Å². The van der Waals surface area contributed by atoms with E-state index in [0.29, 0.717) is 30.0 Å². The number of nitrogens with zero attached hydrogens (tertiary/aromatic N) is 1. The van der Waals surface area contributed by atoms with Crippen molar-refractivity contribution in [3.05, 3.63) is 46.5 Å². The summed E-state index contributed by atoms with van der Waals surface area (Å²) in [5, 5.41) is 24.1. The second kappa shape index (κ2) is 14.6. The van der Waals surface area contributed by atoms with Gasteiger partial charge in [-0.3, -0.25) is 9.79 Å². The number of allylic oxidation sites excluding steroid dienone is 2. The Balaban J connectivity index is 1.29. The molecular formula is C38H57N3O3S2. The summed E-state index contributed by atoms with van der Waals surface area (Å²) in [4.78, 5) is 18.8. The van der Waals surface area contributed by atoms with Crippen LogP contribution in [0.3, 0.4) is 0 Å².